The van der Waals surface area contributed by atoms with Crippen LogP contribution < -0.4 is 15.4 Å². The number of carbonyl (C=O) groups excluding carboxylic acids is 1. The van der Waals surface area contributed by atoms with Gasteiger partial charge in [0.2, 0.25) is 5.91 Å². The summed E-state index contributed by atoms with van der Waals surface area (Å²) in [5, 5.41) is 6.49. The molecule has 0 bridgehead atoms. The Morgan fingerprint density at radius 1 is 1.33 bits per heavy atom. The van der Waals surface area contributed by atoms with Gasteiger partial charge in [-0.25, -0.2) is 0 Å². The zero-order chi connectivity index (χ0) is 15.2. The maximum Gasteiger partial charge on any atom is 0.223 e. The van der Waals surface area contributed by atoms with Gasteiger partial charge in [-0.3, -0.25) is 4.79 Å². The zero-order valence-electron chi connectivity index (χ0n) is 13.2. The van der Waals surface area contributed by atoms with E-state index in [1.165, 1.54) is 5.56 Å². The predicted molar refractivity (Wildman–Crippen MR) is 84.3 cm³/mol. The SMILES string of the molecule is COc1ccc([C@H](NCC[C@@H]2CCNC2=O)C(C)C)cc1. The molecule has 1 aromatic carbocycles. The highest BCUT2D eigenvalue weighted by Crippen LogP contribution is 2.24. The van der Waals surface area contributed by atoms with Crippen LogP contribution >= 0.6 is 0 Å². The van der Waals surface area contributed by atoms with E-state index in [-0.39, 0.29) is 11.8 Å². The normalized spacial score (nSPS) is 19.6. The largest absolute Gasteiger partial charge is 0.497 e. The minimum atomic E-state index is 0.182. The second kappa shape index (κ2) is 7.46. The molecule has 2 atom stereocenters. The third kappa shape index (κ3) is 4.21. The van der Waals surface area contributed by atoms with Gasteiger partial charge in [-0.1, -0.05) is 26.0 Å². The smallest absolute Gasteiger partial charge is 0.223 e. The molecule has 0 aliphatic carbocycles. The van der Waals surface area contributed by atoms with Gasteiger partial charge in [0.25, 0.3) is 0 Å². The van der Waals surface area contributed by atoms with Crippen molar-refractivity contribution in [2.45, 2.75) is 32.7 Å². The summed E-state index contributed by atoms with van der Waals surface area (Å²) in [5.41, 5.74) is 1.27. The minimum absolute atomic E-state index is 0.182. The summed E-state index contributed by atoms with van der Waals surface area (Å²) in [6, 6.07) is 8.52. The lowest BCUT2D eigenvalue weighted by atomic mass is 9.95. The van der Waals surface area contributed by atoms with Crippen LogP contribution in [0.5, 0.6) is 5.75 Å². The first-order chi connectivity index (χ1) is 10.1. The number of amides is 1. The Bertz CT molecular complexity index is 456. The fraction of sp³-hybridized carbons (Fsp3) is 0.588. The Kier molecular flexibility index (Phi) is 5.62. The molecule has 116 valence electrons. The Morgan fingerprint density at radius 3 is 2.57 bits per heavy atom. The van der Waals surface area contributed by atoms with Crippen molar-refractivity contribution in [2.75, 3.05) is 20.2 Å². The third-order valence-corrected chi connectivity index (χ3v) is 4.16. The summed E-state index contributed by atoms with van der Waals surface area (Å²) in [4.78, 5) is 11.6. The Labute approximate surface area is 127 Å². The molecule has 1 fully saturated rings. The molecule has 4 nitrogen and oxygen atoms in total. The van der Waals surface area contributed by atoms with Gasteiger partial charge in [-0.05, 0) is 43.0 Å². The maximum absolute atomic E-state index is 11.6. The lowest BCUT2D eigenvalue weighted by Crippen LogP contribution is -2.29. The fourth-order valence-electron chi connectivity index (χ4n) is 2.88. The molecular formula is C17H26N2O2. The topological polar surface area (TPSA) is 50.4 Å². The van der Waals surface area contributed by atoms with Crippen LogP contribution in [0.4, 0.5) is 0 Å². The molecule has 1 aromatic rings. The molecule has 0 spiro atoms. The van der Waals surface area contributed by atoms with Crippen LogP contribution in [0.25, 0.3) is 0 Å². The summed E-state index contributed by atoms with van der Waals surface area (Å²) in [5.74, 6) is 1.77. The van der Waals surface area contributed by atoms with Crippen molar-refractivity contribution in [2.24, 2.45) is 11.8 Å². The van der Waals surface area contributed by atoms with Crippen LogP contribution in [-0.2, 0) is 4.79 Å². The monoisotopic (exact) mass is 290 g/mol. The molecule has 1 aliphatic heterocycles. The van der Waals surface area contributed by atoms with Crippen molar-refractivity contribution < 1.29 is 9.53 Å². The summed E-state index contributed by atoms with van der Waals surface area (Å²) >= 11 is 0. The lowest BCUT2D eigenvalue weighted by Gasteiger charge is -2.24. The Balaban J connectivity index is 1.90. The Morgan fingerprint density at radius 2 is 2.05 bits per heavy atom. The molecule has 1 saturated heterocycles. The zero-order valence-corrected chi connectivity index (χ0v) is 13.2. The first kappa shape index (κ1) is 15.8. The fourth-order valence-corrected chi connectivity index (χ4v) is 2.88. The van der Waals surface area contributed by atoms with Crippen LogP contribution in [0.15, 0.2) is 24.3 Å². The van der Waals surface area contributed by atoms with E-state index in [1.807, 2.05) is 12.1 Å². The number of methoxy groups -OCH3 is 1. The molecule has 4 heteroatoms. The number of hydrogen-bond donors (Lipinski definition) is 2. The third-order valence-electron chi connectivity index (χ3n) is 4.16. The van der Waals surface area contributed by atoms with E-state index in [0.29, 0.717) is 12.0 Å². The van der Waals surface area contributed by atoms with E-state index in [1.54, 1.807) is 7.11 Å². The average molecular weight is 290 g/mol. The van der Waals surface area contributed by atoms with Crippen LogP contribution in [0.1, 0.15) is 38.3 Å². The average Bonchev–Trinajstić information content (AvgIpc) is 2.89. The van der Waals surface area contributed by atoms with Gasteiger partial charge in [0, 0.05) is 18.5 Å². The highest BCUT2D eigenvalue weighted by atomic mass is 16.5. The summed E-state index contributed by atoms with van der Waals surface area (Å²) in [7, 11) is 1.68. The van der Waals surface area contributed by atoms with Crippen molar-refractivity contribution in [1.82, 2.24) is 10.6 Å². The van der Waals surface area contributed by atoms with Crippen LogP contribution in [0.3, 0.4) is 0 Å². The summed E-state index contributed by atoms with van der Waals surface area (Å²) in [6.45, 7) is 6.12. The molecule has 1 aliphatic rings. The van der Waals surface area contributed by atoms with Gasteiger partial charge in [-0.2, -0.15) is 0 Å². The molecule has 2 N–H and O–H groups in total. The highest BCUT2D eigenvalue weighted by molar-refractivity contribution is 5.80. The number of nitrogens with one attached hydrogen (secondary N) is 2. The number of hydrogen-bond acceptors (Lipinski definition) is 3. The summed E-state index contributed by atoms with van der Waals surface area (Å²) in [6.07, 6.45) is 1.88. The van der Waals surface area contributed by atoms with E-state index in [4.69, 9.17) is 4.74 Å². The van der Waals surface area contributed by atoms with Gasteiger partial charge in [0.1, 0.15) is 5.75 Å². The van der Waals surface area contributed by atoms with E-state index in [9.17, 15) is 4.79 Å². The highest BCUT2D eigenvalue weighted by Gasteiger charge is 2.24. The number of rotatable bonds is 7. The van der Waals surface area contributed by atoms with Crippen LogP contribution in [0, 0.1) is 11.8 Å². The predicted octanol–water partition coefficient (Wildman–Crippen LogP) is 2.51. The molecule has 1 heterocycles. The number of carbonyl (C=O) groups is 1. The van der Waals surface area contributed by atoms with Crippen molar-refractivity contribution in [3.63, 3.8) is 0 Å². The van der Waals surface area contributed by atoms with Crippen LogP contribution in [-0.4, -0.2) is 26.1 Å². The van der Waals surface area contributed by atoms with Gasteiger partial charge in [0.05, 0.1) is 7.11 Å². The van der Waals surface area contributed by atoms with Gasteiger partial charge in [0.15, 0.2) is 0 Å². The standard InChI is InChI=1S/C17H26N2O2/c1-12(2)16(13-4-6-15(21-3)7-5-13)18-10-8-14-9-11-19-17(14)20/h4-7,12,14,16,18H,8-11H2,1-3H3,(H,19,20)/t14-,16-/m1/s1. The molecule has 0 radical (unpaired) electrons. The first-order valence-corrected chi connectivity index (χ1v) is 7.77. The Hall–Kier alpha value is -1.55. The lowest BCUT2D eigenvalue weighted by molar-refractivity contribution is -0.122. The number of benzene rings is 1. The van der Waals surface area contributed by atoms with Gasteiger partial charge >= 0.3 is 0 Å². The quantitative estimate of drug-likeness (QED) is 0.811. The second-order valence-electron chi connectivity index (χ2n) is 6.01. The number of ether oxygens (including phenoxy) is 1. The van der Waals surface area contributed by atoms with Crippen molar-refractivity contribution in [1.29, 1.82) is 0 Å². The van der Waals surface area contributed by atoms with Crippen molar-refractivity contribution in [3.8, 4) is 5.75 Å². The first-order valence-electron chi connectivity index (χ1n) is 7.77. The van der Waals surface area contributed by atoms with E-state index < -0.39 is 0 Å². The van der Waals surface area contributed by atoms with E-state index >= 15 is 0 Å². The van der Waals surface area contributed by atoms with Crippen molar-refractivity contribution >= 4 is 5.91 Å². The molecule has 2 rings (SSSR count). The molecule has 1 amide bonds. The van der Waals surface area contributed by atoms with Gasteiger partial charge in [-0.15, -0.1) is 0 Å². The van der Waals surface area contributed by atoms with Crippen LogP contribution in [0.2, 0.25) is 0 Å². The van der Waals surface area contributed by atoms with Crippen molar-refractivity contribution in [3.05, 3.63) is 29.8 Å². The van der Waals surface area contributed by atoms with E-state index in [0.717, 1.165) is 31.7 Å². The minimum Gasteiger partial charge on any atom is -0.497 e. The maximum atomic E-state index is 11.6. The molecule has 0 saturated carbocycles. The van der Waals surface area contributed by atoms with Gasteiger partial charge < -0.3 is 15.4 Å². The molecule has 0 unspecified atom stereocenters. The summed E-state index contributed by atoms with van der Waals surface area (Å²) < 4.78 is 5.21. The molecule has 21 heavy (non-hydrogen) atoms. The molecular weight excluding hydrogens is 264 g/mol. The second-order valence-corrected chi connectivity index (χ2v) is 6.01. The molecule has 0 aromatic heterocycles. The van der Waals surface area contributed by atoms with E-state index in [2.05, 4.69) is 36.6 Å².